The second-order valence-electron chi connectivity index (χ2n) is 3.95. The lowest BCUT2D eigenvalue weighted by atomic mass is 10.00. The minimum Gasteiger partial charge on any atom is -0.508 e. The smallest absolute Gasteiger partial charge is 0.115 e. The van der Waals surface area contributed by atoms with Crippen molar-refractivity contribution in [3.8, 4) is 16.9 Å². The Kier molecular flexibility index (Phi) is 2.26. The summed E-state index contributed by atoms with van der Waals surface area (Å²) >= 11 is 0. The van der Waals surface area contributed by atoms with Gasteiger partial charge in [0.05, 0.1) is 0 Å². The van der Waals surface area contributed by atoms with Crippen LogP contribution < -0.4 is 0 Å². The highest BCUT2D eigenvalue weighted by molar-refractivity contribution is 5.95. The van der Waals surface area contributed by atoms with Crippen LogP contribution in [0.1, 0.15) is 0 Å². The van der Waals surface area contributed by atoms with Crippen LogP contribution in [-0.4, -0.2) is 10.1 Å². The number of hydrogen-bond acceptors (Lipinski definition) is 2. The molecule has 0 radical (unpaired) electrons. The highest BCUT2D eigenvalue weighted by Crippen LogP contribution is 2.28. The Labute approximate surface area is 99.2 Å². The number of aromatic hydroxyl groups is 1. The number of benzene rings is 2. The van der Waals surface area contributed by atoms with Crippen LogP contribution in [0.5, 0.6) is 5.75 Å². The van der Waals surface area contributed by atoms with Gasteiger partial charge in [0, 0.05) is 17.8 Å². The molecular formula is C15H11NO. The Morgan fingerprint density at radius 1 is 0.882 bits per heavy atom. The van der Waals surface area contributed by atoms with E-state index in [-0.39, 0.29) is 5.75 Å². The molecule has 0 saturated carbocycles. The summed E-state index contributed by atoms with van der Waals surface area (Å²) in [5.74, 6) is 0.284. The van der Waals surface area contributed by atoms with E-state index < -0.39 is 0 Å². The van der Waals surface area contributed by atoms with Crippen molar-refractivity contribution in [1.82, 2.24) is 4.98 Å². The number of phenols is 1. The van der Waals surface area contributed by atoms with Crippen molar-refractivity contribution in [1.29, 1.82) is 0 Å². The minimum absolute atomic E-state index is 0.284. The van der Waals surface area contributed by atoms with Gasteiger partial charge in [-0.2, -0.15) is 0 Å². The Hall–Kier alpha value is -2.35. The van der Waals surface area contributed by atoms with Gasteiger partial charge in [-0.25, -0.2) is 0 Å². The van der Waals surface area contributed by atoms with E-state index in [2.05, 4.69) is 17.1 Å². The molecule has 2 heteroatoms. The van der Waals surface area contributed by atoms with Gasteiger partial charge in [-0.15, -0.1) is 0 Å². The van der Waals surface area contributed by atoms with Crippen molar-refractivity contribution in [2.24, 2.45) is 0 Å². The summed E-state index contributed by atoms with van der Waals surface area (Å²) in [7, 11) is 0. The van der Waals surface area contributed by atoms with E-state index in [0.717, 1.165) is 16.5 Å². The topological polar surface area (TPSA) is 33.1 Å². The van der Waals surface area contributed by atoms with Crippen LogP contribution in [-0.2, 0) is 0 Å². The van der Waals surface area contributed by atoms with E-state index >= 15 is 0 Å². The van der Waals surface area contributed by atoms with E-state index in [1.807, 2.05) is 30.5 Å². The maximum atomic E-state index is 9.30. The Bertz CT molecular complexity index is 654. The van der Waals surface area contributed by atoms with E-state index in [0.29, 0.717) is 0 Å². The normalized spacial score (nSPS) is 10.6. The first-order chi connectivity index (χ1) is 8.34. The molecule has 2 aromatic carbocycles. The molecule has 0 aliphatic heterocycles. The Morgan fingerprint density at radius 2 is 1.71 bits per heavy atom. The van der Waals surface area contributed by atoms with E-state index in [4.69, 9.17) is 0 Å². The second-order valence-corrected chi connectivity index (χ2v) is 3.95. The summed E-state index contributed by atoms with van der Waals surface area (Å²) < 4.78 is 0. The maximum Gasteiger partial charge on any atom is 0.115 e. The number of rotatable bonds is 1. The highest BCUT2D eigenvalue weighted by atomic mass is 16.3. The van der Waals surface area contributed by atoms with E-state index in [1.165, 1.54) is 5.39 Å². The molecule has 0 bridgehead atoms. The summed E-state index contributed by atoms with van der Waals surface area (Å²) in [5, 5.41) is 11.6. The monoisotopic (exact) mass is 221 g/mol. The fraction of sp³-hybridized carbons (Fsp3) is 0. The molecule has 0 aliphatic carbocycles. The molecule has 0 amide bonds. The van der Waals surface area contributed by atoms with Gasteiger partial charge in [-0.1, -0.05) is 30.3 Å². The lowest BCUT2D eigenvalue weighted by Crippen LogP contribution is -1.82. The van der Waals surface area contributed by atoms with Crippen LogP contribution in [0.3, 0.4) is 0 Å². The summed E-state index contributed by atoms with van der Waals surface area (Å²) in [4.78, 5) is 4.17. The molecule has 0 atom stereocenters. The van der Waals surface area contributed by atoms with Crippen molar-refractivity contribution in [2.75, 3.05) is 0 Å². The molecule has 82 valence electrons. The molecule has 3 rings (SSSR count). The third kappa shape index (κ3) is 1.74. The molecule has 2 nitrogen and oxygen atoms in total. The number of phenolic OH excluding ortho intramolecular Hbond substituents is 1. The first-order valence-electron chi connectivity index (χ1n) is 5.47. The number of aromatic nitrogens is 1. The third-order valence-corrected chi connectivity index (χ3v) is 2.86. The van der Waals surface area contributed by atoms with Gasteiger partial charge >= 0.3 is 0 Å². The molecule has 17 heavy (non-hydrogen) atoms. The zero-order valence-corrected chi connectivity index (χ0v) is 9.17. The lowest BCUT2D eigenvalue weighted by molar-refractivity contribution is 0.475. The lowest BCUT2D eigenvalue weighted by Gasteiger charge is -2.06. The molecule has 0 unspecified atom stereocenters. The maximum absolute atomic E-state index is 9.30. The van der Waals surface area contributed by atoms with Crippen LogP contribution in [0.4, 0.5) is 0 Å². The molecule has 0 spiro atoms. The highest BCUT2D eigenvalue weighted by Gasteiger charge is 2.03. The predicted octanol–water partition coefficient (Wildman–Crippen LogP) is 3.61. The van der Waals surface area contributed by atoms with Gasteiger partial charge in [0.15, 0.2) is 0 Å². The number of pyridine rings is 1. The quantitative estimate of drug-likeness (QED) is 0.681. The van der Waals surface area contributed by atoms with Crippen LogP contribution in [0.25, 0.3) is 21.9 Å². The van der Waals surface area contributed by atoms with Gasteiger partial charge in [0.2, 0.25) is 0 Å². The number of hydrogen-bond donors (Lipinski definition) is 1. The molecule has 0 aliphatic rings. The fourth-order valence-corrected chi connectivity index (χ4v) is 2.01. The van der Waals surface area contributed by atoms with Crippen molar-refractivity contribution >= 4 is 10.8 Å². The molecule has 1 N–H and O–H groups in total. The largest absolute Gasteiger partial charge is 0.508 e. The van der Waals surface area contributed by atoms with Crippen molar-refractivity contribution in [3.05, 3.63) is 60.9 Å². The summed E-state index contributed by atoms with van der Waals surface area (Å²) in [6.07, 6.45) is 3.67. The predicted molar refractivity (Wildman–Crippen MR) is 68.8 cm³/mol. The second kappa shape index (κ2) is 3.91. The van der Waals surface area contributed by atoms with Gasteiger partial charge < -0.3 is 5.11 Å². The average molecular weight is 221 g/mol. The SMILES string of the molecule is Oc1ccc(-c2cccc3ccncc23)cc1. The summed E-state index contributed by atoms with van der Waals surface area (Å²) in [6, 6.07) is 15.4. The Balaban J connectivity index is 2.27. The summed E-state index contributed by atoms with van der Waals surface area (Å²) in [6.45, 7) is 0. The zero-order chi connectivity index (χ0) is 11.7. The molecular weight excluding hydrogens is 210 g/mol. The standard InChI is InChI=1S/C15H11NO/c17-13-6-4-12(5-7-13)14-3-1-2-11-8-9-16-10-15(11)14/h1-10,17H. The number of fused-ring (bicyclic) bond motifs is 1. The average Bonchev–Trinajstić information content (AvgIpc) is 2.39. The first kappa shape index (κ1) is 9.85. The molecule has 0 saturated heterocycles. The van der Waals surface area contributed by atoms with Crippen LogP contribution >= 0.6 is 0 Å². The third-order valence-electron chi connectivity index (χ3n) is 2.86. The fourth-order valence-electron chi connectivity index (χ4n) is 2.01. The zero-order valence-electron chi connectivity index (χ0n) is 9.17. The van der Waals surface area contributed by atoms with Gasteiger partial charge in [-0.3, -0.25) is 4.98 Å². The van der Waals surface area contributed by atoms with Gasteiger partial charge in [0.25, 0.3) is 0 Å². The van der Waals surface area contributed by atoms with Crippen molar-refractivity contribution < 1.29 is 5.11 Å². The summed E-state index contributed by atoms with van der Waals surface area (Å²) in [5.41, 5.74) is 2.22. The van der Waals surface area contributed by atoms with Gasteiger partial charge in [0.1, 0.15) is 5.75 Å². The molecule has 1 heterocycles. The van der Waals surface area contributed by atoms with Crippen LogP contribution in [0.2, 0.25) is 0 Å². The molecule has 1 aromatic heterocycles. The Morgan fingerprint density at radius 3 is 2.53 bits per heavy atom. The van der Waals surface area contributed by atoms with E-state index in [1.54, 1.807) is 18.3 Å². The van der Waals surface area contributed by atoms with E-state index in [9.17, 15) is 5.11 Å². The first-order valence-corrected chi connectivity index (χ1v) is 5.47. The molecule has 3 aromatic rings. The van der Waals surface area contributed by atoms with Crippen LogP contribution in [0, 0.1) is 0 Å². The van der Waals surface area contributed by atoms with Crippen molar-refractivity contribution in [3.63, 3.8) is 0 Å². The van der Waals surface area contributed by atoms with Crippen molar-refractivity contribution in [2.45, 2.75) is 0 Å². The minimum atomic E-state index is 0.284. The number of nitrogens with zero attached hydrogens (tertiary/aromatic N) is 1. The van der Waals surface area contributed by atoms with Crippen LogP contribution in [0.15, 0.2) is 60.9 Å². The molecule has 0 fully saturated rings. The van der Waals surface area contributed by atoms with Gasteiger partial charge in [-0.05, 0) is 34.7 Å².